The van der Waals surface area contributed by atoms with E-state index in [1.165, 1.54) is 24.1 Å². The van der Waals surface area contributed by atoms with E-state index < -0.39 is 0 Å². The molecule has 0 saturated heterocycles. The van der Waals surface area contributed by atoms with E-state index in [9.17, 15) is 0 Å². The first-order valence-electron chi connectivity index (χ1n) is 6.52. The Kier molecular flexibility index (Phi) is 3.64. The van der Waals surface area contributed by atoms with Gasteiger partial charge >= 0.3 is 0 Å². The second-order valence-electron chi connectivity index (χ2n) is 4.85. The third-order valence-electron chi connectivity index (χ3n) is 3.49. The van der Waals surface area contributed by atoms with E-state index in [0.717, 1.165) is 25.4 Å². The van der Waals surface area contributed by atoms with Crippen LogP contribution in [-0.2, 0) is 6.54 Å². The summed E-state index contributed by atoms with van der Waals surface area (Å²) in [5.74, 6) is 0. The van der Waals surface area contributed by atoms with Crippen molar-refractivity contribution in [3.8, 4) is 0 Å². The van der Waals surface area contributed by atoms with Crippen molar-refractivity contribution in [2.75, 3.05) is 0 Å². The van der Waals surface area contributed by atoms with Gasteiger partial charge in [-0.25, -0.2) is 0 Å². The van der Waals surface area contributed by atoms with Gasteiger partial charge in [-0.2, -0.15) is 5.10 Å². The fraction of sp³-hybridized carbons (Fsp3) is 0.769. The maximum atomic E-state index is 4.63. The first-order chi connectivity index (χ1) is 7.74. The Balaban J connectivity index is 2.01. The number of hydrogen-bond acceptors (Lipinski definition) is 2. The van der Waals surface area contributed by atoms with Gasteiger partial charge in [0, 0.05) is 24.3 Å². The van der Waals surface area contributed by atoms with Gasteiger partial charge in [0.2, 0.25) is 0 Å². The fourth-order valence-electron chi connectivity index (χ4n) is 2.08. The molecule has 1 saturated carbocycles. The summed E-state index contributed by atoms with van der Waals surface area (Å²) in [6.07, 6.45) is 7.24. The molecule has 1 aliphatic carbocycles. The fourth-order valence-corrected chi connectivity index (χ4v) is 2.08. The van der Waals surface area contributed by atoms with Crippen molar-refractivity contribution in [3.63, 3.8) is 0 Å². The van der Waals surface area contributed by atoms with E-state index >= 15 is 0 Å². The van der Waals surface area contributed by atoms with Crippen molar-refractivity contribution in [1.29, 1.82) is 0 Å². The zero-order chi connectivity index (χ0) is 11.5. The van der Waals surface area contributed by atoms with Crippen LogP contribution < -0.4 is 5.32 Å². The van der Waals surface area contributed by atoms with Crippen LogP contribution in [0.5, 0.6) is 0 Å². The SMILES string of the molecule is CCC(CC)n1cc(CNC2CC2)c(C)n1. The standard InChI is InChI=1S/C13H23N3/c1-4-13(5-2)16-9-11(10(3)15-16)8-14-12-6-7-12/h9,12-14H,4-8H2,1-3H3. The molecule has 1 fully saturated rings. The minimum Gasteiger partial charge on any atom is -0.310 e. The maximum Gasteiger partial charge on any atom is 0.0638 e. The van der Waals surface area contributed by atoms with E-state index in [-0.39, 0.29) is 0 Å². The van der Waals surface area contributed by atoms with Crippen LogP contribution in [-0.4, -0.2) is 15.8 Å². The molecule has 0 atom stereocenters. The summed E-state index contributed by atoms with van der Waals surface area (Å²) >= 11 is 0. The molecule has 1 heterocycles. The molecule has 3 nitrogen and oxygen atoms in total. The molecule has 0 unspecified atom stereocenters. The van der Waals surface area contributed by atoms with Crippen molar-refractivity contribution in [1.82, 2.24) is 15.1 Å². The minimum atomic E-state index is 0.563. The quantitative estimate of drug-likeness (QED) is 0.800. The molecule has 0 aliphatic heterocycles. The Bertz CT molecular complexity index is 335. The third kappa shape index (κ3) is 2.64. The number of aryl methyl sites for hydroxylation is 1. The number of nitrogens with one attached hydrogen (secondary N) is 1. The highest BCUT2D eigenvalue weighted by atomic mass is 15.3. The second-order valence-corrected chi connectivity index (χ2v) is 4.85. The molecule has 0 aromatic carbocycles. The normalized spacial score (nSPS) is 16.0. The zero-order valence-electron chi connectivity index (χ0n) is 10.7. The van der Waals surface area contributed by atoms with Crippen LogP contribution in [0.25, 0.3) is 0 Å². The van der Waals surface area contributed by atoms with E-state index in [1.54, 1.807) is 0 Å². The first-order valence-corrected chi connectivity index (χ1v) is 6.52. The average Bonchev–Trinajstić information content (AvgIpc) is 3.03. The van der Waals surface area contributed by atoms with Crippen LogP contribution in [0.3, 0.4) is 0 Å². The number of aromatic nitrogens is 2. The molecule has 0 bridgehead atoms. The zero-order valence-corrected chi connectivity index (χ0v) is 10.7. The predicted molar refractivity (Wildman–Crippen MR) is 66.4 cm³/mol. The molecular weight excluding hydrogens is 198 g/mol. The Morgan fingerprint density at radius 1 is 1.44 bits per heavy atom. The summed E-state index contributed by atoms with van der Waals surface area (Å²) in [6, 6.07) is 1.34. The van der Waals surface area contributed by atoms with Gasteiger partial charge < -0.3 is 5.32 Å². The lowest BCUT2D eigenvalue weighted by atomic mass is 10.2. The van der Waals surface area contributed by atoms with E-state index in [4.69, 9.17) is 0 Å². The smallest absolute Gasteiger partial charge is 0.0638 e. The molecule has 1 N–H and O–H groups in total. The molecular formula is C13H23N3. The van der Waals surface area contributed by atoms with Crippen molar-refractivity contribution in [2.24, 2.45) is 0 Å². The Morgan fingerprint density at radius 3 is 2.69 bits per heavy atom. The van der Waals surface area contributed by atoms with E-state index in [1.807, 2.05) is 0 Å². The topological polar surface area (TPSA) is 29.9 Å². The summed E-state index contributed by atoms with van der Waals surface area (Å²) < 4.78 is 2.15. The van der Waals surface area contributed by atoms with Crippen LogP contribution in [0.4, 0.5) is 0 Å². The van der Waals surface area contributed by atoms with Crippen molar-refractivity contribution >= 4 is 0 Å². The molecule has 1 aromatic rings. The predicted octanol–water partition coefficient (Wildman–Crippen LogP) is 2.80. The maximum absolute atomic E-state index is 4.63. The lowest BCUT2D eigenvalue weighted by Crippen LogP contribution is -2.15. The molecule has 0 amide bonds. The van der Waals surface area contributed by atoms with E-state index in [0.29, 0.717) is 6.04 Å². The van der Waals surface area contributed by atoms with Crippen molar-refractivity contribution < 1.29 is 0 Å². The van der Waals surface area contributed by atoms with Crippen molar-refractivity contribution in [3.05, 3.63) is 17.5 Å². The molecule has 90 valence electrons. The average molecular weight is 221 g/mol. The highest BCUT2D eigenvalue weighted by molar-refractivity contribution is 5.16. The second kappa shape index (κ2) is 5.00. The summed E-state index contributed by atoms with van der Waals surface area (Å²) in [7, 11) is 0. The minimum absolute atomic E-state index is 0.563. The molecule has 3 heteroatoms. The van der Waals surface area contributed by atoms with Crippen LogP contribution in [0.1, 0.15) is 56.8 Å². The highest BCUT2D eigenvalue weighted by Gasteiger charge is 2.21. The van der Waals surface area contributed by atoms with Gasteiger partial charge in [-0.05, 0) is 32.6 Å². The number of hydrogen-bond donors (Lipinski definition) is 1. The molecule has 1 aliphatic rings. The third-order valence-corrected chi connectivity index (χ3v) is 3.49. The summed E-state index contributed by atoms with van der Waals surface area (Å²) in [4.78, 5) is 0. The molecule has 1 aromatic heterocycles. The van der Waals surface area contributed by atoms with Gasteiger partial charge in [0.05, 0.1) is 11.7 Å². The van der Waals surface area contributed by atoms with E-state index in [2.05, 4.69) is 42.1 Å². The van der Waals surface area contributed by atoms with Crippen LogP contribution in [0.15, 0.2) is 6.20 Å². The Hall–Kier alpha value is -0.830. The van der Waals surface area contributed by atoms with Gasteiger partial charge in [0.15, 0.2) is 0 Å². The van der Waals surface area contributed by atoms with Crippen LogP contribution in [0.2, 0.25) is 0 Å². The summed E-state index contributed by atoms with van der Waals surface area (Å²) in [6.45, 7) is 7.56. The van der Waals surface area contributed by atoms with Gasteiger partial charge in [-0.3, -0.25) is 4.68 Å². The van der Waals surface area contributed by atoms with Crippen molar-refractivity contribution in [2.45, 2.75) is 65.1 Å². The van der Waals surface area contributed by atoms with Crippen LogP contribution in [0, 0.1) is 6.92 Å². The lowest BCUT2D eigenvalue weighted by molar-refractivity contribution is 0.426. The highest BCUT2D eigenvalue weighted by Crippen LogP contribution is 2.21. The molecule has 0 radical (unpaired) electrons. The monoisotopic (exact) mass is 221 g/mol. The largest absolute Gasteiger partial charge is 0.310 e. The summed E-state index contributed by atoms with van der Waals surface area (Å²) in [5, 5.41) is 8.18. The first kappa shape index (κ1) is 11.6. The molecule has 0 spiro atoms. The number of nitrogens with zero attached hydrogens (tertiary/aromatic N) is 2. The van der Waals surface area contributed by atoms with Gasteiger partial charge in [0.25, 0.3) is 0 Å². The molecule has 2 rings (SSSR count). The molecule has 16 heavy (non-hydrogen) atoms. The summed E-state index contributed by atoms with van der Waals surface area (Å²) in [5.41, 5.74) is 2.54. The van der Waals surface area contributed by atoms with Gasteiger partial charge in [-0.1, -0.05) is 13.8 Å². The number of rotatable bonds is 6. The van der Waals surface area contributed by atoms with Gasteiger partial charge in [-0.15, -0.1) is 0 Å². The van der Waals surface area contributed by atoms with Gasteiger partial charge in [0.1, 0.15) is 0 Å². The Morgan fingerprint density at radius 2 is 2.12 bits per heavy atom. The Labute approximate surface area is 98.2 Å². The van der Waals surface area contributed by atoms with Crippen LogP contribution >= 0.6 is 0 Å². The lowest BCUT2D eigenvalue weighted by Gasteiger charge is -2.12.